The Balaban J connectivity index is 3.25. The second kappa shape index (κ2) is 8.72. The second-order valence-electron chi connectivity index (χ2n) is 2.91. The molecule has 0 atom stereocenters. The standard InChI is InChI=1S/C10H17NO5/c1-8(2)9(12)15-6-4-14-5-7-16-10(13)11-3/h1,4-7H2,2-3H3,(H,11,13). The Morgan fingerprint density at radius 3 is 2.19 bits per heavy atom. The summed E-state index contributed by atoms with van der Waals surface area (Å²) >= 11 is 0. The SMILES string of the molecule is C=C(C)C(=O)OCCOCCOC(=O)NC. The molecular formula is C10H17NO5. The molecule has 0 aromatic carbocycles. The minimum Gasteiger partial charge on any atom is -0.460 e. The first-order chi connectivity index (χ1) is 7.57. The smallest absolute Gasteiger partial charge is 0.406 e. The number of hydrogen-bond acceptors (Lipinski definition) is 5. The first kappa shape index (κ1) is 14.4. The summed E-state index contributed by atoms with van der Waals surface area (Å²) in [5, 5.41) is 2.30. The highest BCUT2D eigenvalue weighted by molar-refractivity contribution is 5.86. The highest BCUT2D eigenvalue weighted by Gasteiger charge is 2.02. The highest BCUT2D eigenvalue weighted by atomic mass is 16.6. The Kier molecular flexibility index (Phi) is 7.87. The first-order valence-corrected chi connectivity index (χ1v) is 4.82. The van der Waals surface area contributed by atoms with E-state index in [0.717, 1.165) is 0 Å². The van der Waals surface area contributed by atoms with Crippen LogP contribution >= 0.6 is 0 Å². The zero-order valence-corrected chi connectivity index (χ0v) is 9.58. The van der Waals surface area contributed by atoms with E-state index in [1.807, 2.05) is 0 Å². The van der Waals surface area contributed by atoms with E-state index in [0.29, 0.717) is 5.57 Å². The van der Waals surface area contributed by atoms with Crippen molar-refractivity contribution in [2.24, 2.45) is 0 Å². The van der Waals surface area contributed by atoms with Crippen molar-refractivity contribution in [3.8, 4) is 0 Å². The van der Waals surface area contributed by atoms with E-state index >= 15 is 0 Å². The van der Waals surface area contributed by atoms with E-state index in [9.17, 15) is 9.59 Å². The summed E-state index contributed by atoms with van der Waals surface area (Å²) in [6, 6.07) is 0. The Labute approximate surface area is 94.5 Å². The molecule has 6 heteroatoms. The van der Waals surface area contributed by atoms with Crippen molar-refractivity contribution in [3.63, 3.8) is 0 Å². The van der Waals surface area contributed by atoms with Crippen LogP contribution in [0.5, 0.6) is 0 Å². The Hall–Kier alpha value is -1.56. The number of alkyl carbamates (subject to hydrolysis) is 1. The molecule has 0 spiro atoms. The first-order valence-electron chi connectivity index (χ1n) is 4.82. The molecule has 0 unspecified atom stereocenters. The third-order valence-corrected chi connectivity index (χ3v) is 1.47. The summed E-state index contributed by atoms with van der Waals surface area (Å²) in [5.41, 5.74) is 0.350. The van der Waals surface area contributed by atoms with E-state index in [2.05, 4.69) is 16.6 Å². The summed E-state index contributed by atoms with van der Waals surface area (Å²) in [7, 11) is 1.47. The third kappa shape index (κ3) is 7.81. The molecule has 0 saturated carbocycles. The van der Waals surface area contributed by atoms with Crippen LogP contribution in [0.15, 0.2) is 12.2 Å². The second-order valence-corrected chi connectivity index (χ2v) is 2.91. The monoisotopic (exact) mass is 231 g/mol. The lowest BCUT2D eigenvalue weighted by Crippen LogP contribution is -2.21. The molecule has 0 rings (SSSR count). The molecule has 0 heterocycles. The maximum atomic E-state index is 10.9. The van der Waals surface area contributed by atoms with Crippen LogP contribution in [0, 0.1) is 0 Å². The van der Waals surface area contributed by atoms with Crippen LogP contribution in [0.3, 0.4) is 0 Å². The molecule has 0 aliphatic carbocycles. The number of hydrogen-bond donors (Lipinski definition) is 1. The fraction of sp³-hybridized carbons (Fsp3) is 0.600. The molecular weight excluding hydrogens is 214 g/mol. The molecule has 1 amide bonds. The average molecular weight is 231 g/mol. The lowest BCUT2D eigenvalue weighted by atomic mass is 10.4. The van der Waals surface area contributed by atoms with Gasteiger partial charge in [0, 0.05) is 12.6 Å². The Morgan fingerprint density at radius 1 is 1.12 bits per heavy atom. The van der Waals surface area contributed by atoms with Crippen LogP contribution in [0.1, 0.15) is 6.92 Å². The van der Waals surface area contributed by atoms with Gasteiger partial charge in [0.05, 0.1) is 13.2 Å². The Bertz CT molecular complexity index is 252. The van der Waals surface area contributed by atoms with Crippen molar-refractivity contribution in [2.75, 3.05) is 33.5 Å². The molecule has 1 N–H and O–H groups in total. The van der Waals surface area contributed by atoms with Gasteiger partial charge in [0.1, 0.15) is 13.2 Å². The zero-order valence-electron chi connectivity index (χ0n) is 9.58. The molecule has 6 nitrogen and oxygen atoms in total. The summed E-state index contributed by atoms with van der Waals surface area (Å²) in [6.45, 7) is 5.84. The van der Waals surface area contributed by atoms with Crippen LogP contribution in [-0.4, -0.2) is 45.5 Å². The van der Waals surface area contributed by atoms with Gasteiger partial charge in [-0.05, 0) is 6.92 Å². The molecule has 0 saturated heterocycles. The van der Waals surface area contributed by atoms with Gasteiger partial charge in [-0.2, -0.15) is 0 Å². The number of nitrogens with one attached hydrogen (secondary N) is 1. The van der Waals surface area contributed by atoms with Gasteiger partial charge >= 0.3 is 12.1 Å². The molecule has 0 aliphatic rings. The maximum absolute atomic E-state index is 10.9. The number of rotatable bonds is 7. The molecule has 0 aromatic rings. The normalized spacial score (nSPS) is 9.38. The molecule has 0 bridgehead atoms. The molecule has 92 valence electrons. The predicted molar refractivity (Wildman–Crippen MR) is 57.0 cm³/mol. The van der Waals surface area contributed by atoms with Gasteiger partial charge in [-0.25, -0.2) is 9.59 Å². The minimum atomic E-state index is -0.502. The van der Waals surface area contributed by atoms with Crippen molar-refractivity contribution in [3.05, 3.63) is 12.2 Å². The van der Waals surface area contributed by atoms with Crippen molar-refractivity contribution >= 4 is 12.1 Å². The summed E-state index contributed by atoms with van der Waals surface area (Å²) in [4.78, 5) is 21.5. The van der Waals surface area contributed by atoms with E-state index in [1.165, 1.54) is 7.05 Å². The molecule has 16 heavy (non-hydrogen) atoms. The van der Waals surface area contributed by atoms with Crippen molar-refractivity contribution in [1.82, 2.24) is 5.32 Å². The van der Waals surface area contributed by atoms with E-state index < -0.39 is 12.1 Å². The third-order valence-electron chi connectivity index (χ3n) is 1.47. The van der Waals surface area contributed by atoms with E-state index in [4.69, 9.17) is 9.47 Å². The predicted octanol–water partition coefficient (Wildman–Crippen LogP) is 0.478. The van der Waals surface area contributed by atoms with E-state index in [-0.39, 0.29) is 26.4 Å². The van der Waals surface area contributed by atoms with Crippen molar-refractivity contribution < 1.29 is 23.8 Å². The lowest BCUT2D eigenvalue weighted by molar-refractivity contribution is -0.140. The van der Waals surface area contributed by atoms with Crippen molar-refractivity contribution in [1.29, 1.82) is 0 Å². The van der Waals surface area contributed by atoms with Crippen LogP contribution in [0.2, 0.25) is 0 Å². The Morgan fingerprint density at radius 2 is 1.69 bits per heavy atom. The largest absolute Gasteiger partial charge is 0.460 e. The number of esters is 1. The van der Waals surface area contributed by atoms with Gasteiger partial charge < -0.3 is 19.5 Å². The number of amides is 1. The summed E-state index contributed by atoms with van der Waals surface area (Å²) in [5.74, 6) is -0.440. The van der Waals surface area contributed by atoms with Gasteiger partial charge in [0.2, 0.25) is 0 Å². The zero-order chi connectivity index (χ0) is 12.4. The van der Waals surface area contributed by atoms with Crippen LogP contribution in [-0.2, 0) is 19.0 Å². The fourth-order valence-corrected chi connectivity index (χ4v) is 0.684. The molecule has 0 radical (unpaired) electrons. The van der Waals surface area contributed by atoms with Gasteiger partial charge in [-0.3, -0.25) is 0 Å². The van der Waals surface area contributed by atoms with Gasteiger partial charge in [-0.1, -0.05) is 6.58 Å². The quantitative estimate of drug-likeness (QED) is 0.392. The molecule has 0 aliphatic heterocycles. The lowest BCUT2D eigenvalue weighted by Gasteiger charge is -2.06. The number of carbonyl (C=O) groups is 2. The van der Waals surface area contributed by atoms with Gasteiger partial charge in [0.25, 0.3) is 0 Å². The number of carbonyl (C=O) groups excluding carboxylic acids is 2. The van der Waals surface area contributed by atoms with Crippen molar-refractivity contribution in [2.45, 2.75) is 6.92 Å². The highest BCUT2D eigenvalue weighted by Crippen LogP contribution is 1.91. The summed E-state index contributed by atoms with van der Waals surface area (Å²) < 4.78 is 14.5. The van der Waals surface area contributed by atoms with Crippen LogP contribution < -0.4 is 5.32 Å². The maximum Gasteiger partial charge on any atom is 0.406 e. The molecule has 0 fully saturated rings. The van der Waals surface area contributed by atoms with Gasteiger partial charge in [-0.15, -0.1) is 0 Å². The van der Waals surface area contributed by atoms with E-state index in [1.54, 1.807) is 6.92 Å². The minimum absolute atomic E-state index is 0.158. The summed E-state index contributed by atoms with van der Waals surface area (Å²) in [6.07, 6.45) is -0.502. The van der Waals surface area contributed by atoms with Crippen LogP contribution in [0.4, 0.5) is 4.79 Å². The molecule has 0 aromatic heterocycles. The topological polar surface area (TPSA) is 73.9 Å². The van der Waals surface area contributed by atoms with Gasteiger partial charge in [0.15, 0.2) is 0 Å². The van der Waals surface area contributed by atoms with Crippen LogP contribution in [0.25, 0.3) is 0 Å². The fourth-order valence-electron chi connectivity index (χ4n) is 0.684. The number of ether oxygens (including phenoxy) is 3. The average Bonchev–Trinajstić information content (AvgIpc) is 2.26.